The number of aromatic nitrogens is 1. The zero-order valence-corrected chi connectivity index (χ0v) is 16.6. The van der Waals surface area contributed by atoms with Crippen LogP contribution in [0, 0.1) is 5.92 Å². The summed E-state index contributed by atoms with van der Waals surface area (Å²) >= 11 is 0. The van der Waals surface area contributed by atoms with Crippen LogP contribution >= 0.6 is 0 Å². The van der Waals surface area contributed by atoms with E-state index in [1.807, 2.05) is 18.2 Å². The van der Waals surface area contributed by atoms with Gasteiger partial charge in [-0.3, -0.25) is 14.6 Å². The molecule has 2 heterocycles. The number of likely N-dealkylation sites (tertiary alicyclic amines) is 1. The second-order valence-electron chi connectivity index (χ2n) is 6.69. The first-order valence-electron chi connectivity index (χ1n) is 9.39. The fourth-order valence-electron chi connectivity index (χ4n) is 3.13. The van der Waals surface area contributed by atoms with Crippen LogP contribution in [-0.2, 0) is 20.9 Å². The molecule has 1 fully saturated rings. The monoisotopic (exact) mass is 399 g/mol. The molecule has 1 N–H and O–H groups in total. The topological polar surface area (TPSA) is 90.0 Å². The number of nitrogens with zero attached hydrogens (tertiary/aromatic N) is 2. The standard InChI is InChI=1S/C21H25N3O5/c1-27-9-10-29-19-12-16(6-7-18(19)28-2)23-21(26)15-11-20(25)24(13-15)14-17-5-3-4-8-22-17/h3-8,12,15H,9-11,13-14H2,1-2H3,(H,23,26). The second-order valence-corrected chi connectivity index (χ2v) is 6.69. The Bertz CT molecular complexity index is 843. The lowest BCUT2D eigenvalue weighted by atomic mass is 10.1. The summed E-state index contributed by atoms with van der Waals surface area (Å²) in [5.41, 5.74) is 1.38. The highest BCUT2D eigenvalue weighted by molar-refractivity contribution is 5.97. The van der Waals surface area contributed by atoms with Crippen LogP contribution in [0.15, 0.2) is 42.6 Å². The van der Waals surface area contributed by atoms with Crippen LogP contribution < -0.4 is 14.8 Å². The van der Waals surface area contributed by atoms with E-state index in [0.717, 1.165) is 5.69 Å². The van der Waals surface area contributed by atoms with Crippen molar-refractivity contribution in [2.45, 2.75) is 13.0 Å². The van der Waals surface area contributed by atoms with Gasteiger partial charge in [-0.2, -0.15) is 0 Å². The third kappa shape index (κ3) is 5.45. The zero-order chi connectivity index (χ0) is 20.6. The predicted octanol–water partition coefficient (Wildman–Crippen LogP) is 2.10. The van der Waals surface area contributed by atoms with Gasteiger partial charge >= 0.3 is 0 Å². The van der Waals surface area contributed by atoms with E-state index in [-0.39, 0.29) is 18.2 Å². The summed E-state index contributed by atoms with van der Waals surface area (Å²) in [6.07, 6.45) is 1.88. The van der Waals surface area contributed by atoms with E-state index in [1.54, 1.807) is 43.5 Å². The van der Waals surface area contributed by atoms with E-state index in [0.29, 0.717) is 43.5 Å². The molecule has 0 saturated carbocycles. The van der Waals surface area contributed by atoms with Crippen LogP contribution in [0.2, 0.25) is 0 Å². The van der Waals surface area contributed by atoms with Crippen molar-refractivity contribution in [3.05, 3.63) is 48.3 Å². The van der Waals surface area contributed by atoms with Gasteiger partial charge in [0.05, 0.1) is 31.9 Å². The van der Waals surface area contributed by atoms with E-state index in [4.69, 9.17) is 14.2 Å². The van der Waals surface area contributed by atoms with E-state index >= 15 is 0 Å². The Kier molecular flexibility index (Phi) is 7.02. The van der Waals surface area contributed by atoms with Gasteiger partial charge in [0.25, 0.3) is 0 Å². The van der Waals surface area contributed by atoms with E-state index in [2.05, 4.69) is 10.3 Å². The fraction of sp³-hybridized carbons (Fsp3) is 0.381. The van der Waals surface area contributed by atoms with E-state index in [1.165, 1.54) is 0 Å². The SMILES string of the molecule is COCCOc1cc(NC(=O)C2CC(=O)N(Cc3ccccn3)C2)ccc1OC. The first-order valence-corrected chi connectivity index (χ1v) is 9.39. The molecular weight excluding hydrogens is 374 g/mol. The Morgan fingerprint density at radius 3 is 2.79 bits per heavy atom. The third-order valence-corrected chi connectivity index (χ3v) is 4.64. The van der Waals surface area contributed by atoms with Crippen molar-refractivity contribution in [2.75, 3.05) is 39.3 Å². The molecule has 8 nitrogen and oxygen atoms in total. The lowest BCUT2D eigenvalue weighted by molar-refractivity contribution is -0.128. The zero-order valence-electron chi connectivity index (χ0n) is 16.6. The number of amides is 2. The van der Waals surface area contributed by atoms with Gasteiger partial charge in [0.1, 0.15) is 6.61 Å². The number of hydrogen-bond donors (Lipinski definition) is 1. The molecule has 1 atom stereocenters. The quantitative estimate of drug-likeness (QED) is 0.650. The number of anilines is 1. The number of pyridine rings is 1. The summed E-state index contributed by atoms with van der Waals surface area (Å²) in [5, 5.41) is 2.87. The highest BCUT2D eigenvalue weighted by Gasteiger charge is 2.34. The summed E-state index contributed by atoms with van der Waals surface area (Å²) in [5.74, 6) is 0.425. The summed E-state index contributed by atoms with van der Waals surface area (Å²) in [7, 11) is 3.15. The molecule has 1 aromatic carbocycles. The van der Waals surface area contributed by atoms with Crippen molar-refractivity contribution in [2.24, 2.45) is 5.92 Å². The molecule has 0 aliphatic carbocycles. The number of rotatable bonds is 9. The van der Waals surface area contributed by atoms with Crippen LogP contribution in [0.3, 0.4) is 0 Å². The van der Waals surface area contributed by atoms with Crippen molar-refractivity contribution in [3.8, 4) is 11.5 Å². The van der Waals surface area contributed by atoms with Crippen molar-refractivity contribution < 1.29 is 23.8 Å². The molecule has 1 unspecified atom stereocenters. The van der Waals surface area contributed by atoms with Crippen LogP contribution in [0.1, 0.15) is 12.1 Å². The van der Waals surface area contributed by atoms with Gasteiger partial charge < -0.3 is 24.4 Å². The maximum atomic E-state index is 12.7. The molecule has 8 heteroatoms. The molecule has 1 aliphatic rings. The molecule has 1 aromatic heterocycles. The summed E-state index contributed by atoms with van der Waals surface area (Å²) in [6.45, 7) is 1.58. The Morgan fingerprint density at radius 1 is 1.21 bits per heavy atom. The third-order valence-electron chi connectivity index (χ3n) is 4.64. The van der Waals surface area contributed by atoms with Crippen molar-refractivity contribution in [1.82, 2.24) is 9.88 Å². The molecule has 3 rings (SSSR count). The van der Waals surface area contributed by atoms with Crippen molar-refractivity contribution in [1.29, 1.82) is 0 Å². The minimum absolute atomic E-state index is 0.0471. The van der Waals surface area contributed by atoms with Gasteiger partial charge in [-0.25, -0.2) is 0 Å². The molecule has 0 spiro atoms. The first kappa shape index (κ1) is 20.6. The lowest BCUT2D eigenvalue weighted by Crippen LogP contribution is -2.28. The summed E-state index contributed by atoms with van der Waals surface area (Å²) in [6, 6.07) is 10.7. The van der Waals surface area contributed by atoms with Gasteiger partial charge in [0, 0.05) is 38.0 Å². The summed E-state index contributed by atoms with van der Waals surface area (Å²) < 4.78 is 15.9. The number of hydrogen-bond acceptors (Lipinski definition) is 6. The van der Waals surface area contributed by atoms with Gasteiger partial charge in [-0.1, -0.05) is 6.07 Å². The molecule has 0 radical (unpaired) electrons. The molecular formula is C21H25N3O5. The molecule has 0 bridgehead atoms. The molecule has 2 aromatic rings. The largest absolute Gasteiger partial charge is 0.493 e. The fourth-order valence-corrected chi connectivity index (χ4v) is 3.13. The summed E-state index contributed by atoms with van der Waals surface area (Å²) in [4.78, 5) is 30.9. The minimum atomic E-state index is -0.411. The Hall–Kier alpha value is -3.13. The second kappa shape index (κ2) is 9.88. The Labute approximate surface area is 169 Å². The number of methoxy groups -OCH3 is 2. The number of ether oxygens (including phenoxy) is 3. The molecule has 2 amide bonds. The number of carbonyl (C=O) groups is 2. The van der Waals surface area contributed by atoms with Crippen LogP contribution in [0.4, 0.5) is 5.69 Å². The Balaban J connectivity index is 1.61. The predicted molar refractivity (Wildman–Crippen MR) is 107 cm³/mol. The highest BCUT2D eigenvalue weighted by atomic mass is 16.5. The van der Waals surface area contributed by atoms with Gasteiger partial charge in [0.15, 0.2) is 11.5 Å². The van der Waals surface area contributed by atoms with Crippen molar-refractivity contribution >= 4 is 17.5 Å². The van der Waals surface area contributed by atoms with Crippen LogP contribution in [0.5, 0.6) is 11.5 Å². The number of benzene rings is 1. The van der Waals surface area contributed by atoms with Crippen molar-refractivity contribution in [3.63, 3.8) is 0 Å². The number of nitrogens with one attached hydrogen (secondary N) is 1. The normalized spacial score (nSPS) is 16.0. The Morgan fingerprint density at radius 2 is 2.07 bits per heavy atom. The van der Waals surface area contributed by atoms with Gasteiger partial charge in [-0.05, 0) is 24.3 Å². The van der Waals surface area contributed by atoms with Gasteiger partial charge in [0.2, 0.25) is 11.8 Å². The maximum absolute atomic E-state index is 12.7. The van der Waals surface area contributed by atoms with E-state index < -0.39 is 5.92 Å². The van der Waals surface area contributed by atoms with Crippen LogP contribution in [0.25, 0.3) is 0 Å². The maximum Gasteiger partial charge on any atom is 0.229 e. The van der Waals surface area contributed by atoms with E-state index in [9.17, 15) is 9.59 Å². The minimum Gasteiger partial charge on any atom is -0.493 e. The van der Waals surface area contributed by atoms with Gasteiger partial charge in [-0.15, -0.1) is 0 Å². The molecule has 154 valence electrons. The smallest absolute Gasteiger partial charge is 0.229 e. The average Bonchev–Trinajstić information content (AvgIpc) is 3.10. The highest BCUT2D eigenvalue weighted by Crippen LogP contribution is 2.31. The average molecular weight is 399 g/mol. The molecule has 29 heavy (non-hydrogen) atoms. The number of carbonyl (C=O) groups excluding carboxylic acids is 2. The lowest BCUT2D eigenvalue weighted by Gasteiger charge is -2.16. The molecule has 1 aliphatic heterocycles. The van der Waals surface area contributed by atoms with Crippen LogP contribution in [-0.4, -0.2) is 55.7 Å². The molecule has 1 saturated heterocycles. The first-order chi connectivity index (χ1) is 14.1.